The summed E-state index contributed by atoms with van der Waals surface area (Å²) in [5.41, 5.74) is 4.58. The molecule has 6 rings (SSSR count). The Hall–Kier alpha value is -2.96. The number of halogens is 1. The topological polar surface area (TPSA) is 49.3 Å². The molecule has 2 aromatic carbocycles. The molecule has 2 unspecified atom stereocenters. The summed E-state index contributed by atoms with van der Waals surface area (Å²) in [5, 5.41) is 1.80. The summed E-state index contributed by atoms with van der Waals surface area (Å²) in [6, 6.07) is 17.8. The molecule has 2 saturated heterocycles. The van der Waals surface area contributed by atoms with Gasteiger partial charge < -0.3 is 9.80 Å². The van der Waals surface area contributed by atoms with Crippen molar-refractivity contribution in [2.24, 2.45) is 11.8 Å². The van der Waals surface area contributed by atoms with Crippen LogP contribution in [0.1, 0.15) is 22.3 Å². The first-order valence-corrected chi connectivity index (χ1v) is 12.9. The molecule has 4 aromatic rings. The van der Waals surface area contributed by atoms with Crippen molar-refractivity contribution < 1.29 is 4.79 Å². The number of aromatic nitrogens is 2. The van der Waals surface area contributed by atoms with Crippen LogP contribution >= 0.6 is 22.9 Å². The SMILES string of the molecule is Cc1ccc(-c2ccccn2)c(C(=O)N2CC3CC(C2)CN(c2nc4ccc(Cl)cc4s2)C3)c1. The van der Waals surface area contributed by atoms with Crippen LogP contribution in [0.15, 0.2) is 60.8 Å². The molecule has 0 saturated carbocycles. The largest absolute Gasteiger partial charge is 0.347 e. The summed E-state index contributed by atoms with van der Waals surface area (Å²) in [7, 11) is 0. The van der Waals surface area contributed by atoms with E-state index in [2.05, 4.69) is 20.9 Å². The lowest BCUT2D eigenvalue weighted by atomic mass is 9.84. The van der Waals surface area contributed by atoms with E-state index in [4.69, 9.17) is 16.6 Å². The quantitative estimate of drug-likeness (QED) is 0.359. The molecule has 0 N–H and O–H groups in total. The maximum atomic E-state index is 13.7. The molecule has 4 heterocycles. The predicted molar refractivity (Wildman–Crippen MR) is 139 cm³/mol. The van der Waals surface area contributed by atoms with E-state index in [1.54, 1.807) is 17.5 Å². The van der Waals surface area contributed by atoms with Gasteiger partial charge in [-0.25, -0.2) is 4.98 Å². The fraction of sp³-hybridized carbons (Fsp3) is 0.296. The second kappa shape index (κ2) is 8.67. The molecular weight excluding hydrogens is 464 g/mol. The Morgan fingerprint density at radius 1 is 1.03 bits per heavy atom. The summed E-state index contributed by atoms with van der Waals surface area (Å²) in [6.45, 7) is 5.44. The van der Waals surface area contributed by atoms with E-state index in [0.29, 0.717) is 11.8 Å². The number of thiazole rings is 1. The average Bonchev–Trinajstić information content (AvgIpc) is 3.27. The molecule has 2 bridgehead atoms. The average molecular weight is 489 g/mol. The Bertz CT molecular complexity index is 1360. The third-order valence-corrected chi connectivity index (χ3v) is 8.14. The molecule has 1 amide bonds. The monoisotopic (exact) mass is 488 g/mol. The first-order valence-electron chi connectivity index (χ1n) is 11.7. The zero-order valence-corrected chi connectivity index (χ0v) is 20.5. The number of carbonyl (C=O) groups is 1. The van der Waals surface area contributed by atoms with Crippen LogP contribution in [0.5, 0.6) is 0 Å². The lowest BCUT2D eigenvalue weighted by Gasteiger charge is -2.45. The smallest absolute Gasteiger partial charge is 0.254 e. The number of fused-ring (bicyclic) bond motifs is 3. The minimum atomic E-state index is 0.113. The lowest BCUT2D eigenvalue weighted by molar-refractivity contribution is 0.0565. The van der Waals surface area contributed by atoms with Crippen LogP contribution < -0.4 is 4.90 Å². The van der Waals surface area contributed by atoms with Crippen molar-refractivity contribution in [1.82, 2.24) is 14.9 Å². The first-order chi connectivity index (χ1) is 16.5. The molecule has 2 atom stereocenters. The van der Waals surface area contributed by atoms with E-state index in [0.717, 1.165) is 75.4 Å². The van der Waals surface area contributed by atoms with Gasteiger partial charge in [-0.15, -0.1) is 0 Å². The van der Waals surface area contributed by atoms with Gasteiger partial charge in [0, 0.05) is 48.5 Å². The van der Waals surface area contributed by atoms with E-state index in [1.165, 1.54) is 0 Å². The van der Waals surface area contributed by atoms with E-state index in [9.17, 15) is 4.79 Å². The van der Waals surface area contributed by atoms with E-state index in [-0.39, 0.29) is 5.91 Å². The summed E-state index contributed by atoms with van der Waals surface area (Å²) >= 11 is 7.88. The molecular formula is C27H25ClN4OS. The number of anilines is 1. The number of hydrogen-bond acceptors (Lipinski definition) is 5. The van der Waals surface area contributed by atoms with Gasteiger partial charge in [-0.3, -0.25) is 9.78 Å². The Labute approximate surface area is 208 Å². The third-order valence-electron chi connectivity index (χ3n) is 6.82. The van der Waals surface area contributed by atoms with Crippen LogP contribution in [0.2, 0.25) is 5.02 Å². The van der Waals surface area contributed by atoms with Gasteiger partial charge in [-0.2, -0.15) is 0 Å². The van der Waals surface area contributed by atoms with Crippen LogP contribution in [0.3, 0.4) is 0 Å². The standard InChI is InChI=1S/C27H25ClN4OS/c1-17-5-7-21(23-4-2-3-9-29-23)22(10-17)26(33)31-13-18-11-19(14-31)16-32(15-18)27-30-24-8-6-20(28)12-25(24)34-27/h2-10,12,18-19H,11,13-16H2,1H3. The van der Waals surface area contributed by atoms with Gasteiger partial charge in [0.25, 0.3) is 5.91 Å². The molecule has 2 aliphatic heterocycles. The maximum Gasteiger partial charge on any atom is 0.254 e. The third kappa shape index (κ3) is 4.05. The number of pyridine rings is 1. The molecule has 0 radical (unpaired) electrons. The van der Waals surface area contributed by atoms with E-state index < -0.39 is 0 Å². The van der Waals surface area contributed by atoms with Crippen LogP contribution in [-0.2, 0) is 0 Å². The zero-order chi connectivity index (χ0) is 23.2. The zero-order valence-electron chi connectivity index (χ0n) is 18.9. The summed E-state index contributed by atoms with van der Waals surface area (Å²) in [5.74, 6) is 0.993. The number of likely N-dealkylation sites (tertiary alicyclic amines) is 1. The van der Waals surface area contributed by atoms with Crippen molar-refractivity contribution in [3.05, 3.63) is 76.9 Å². The number of carbonyl (C=O) groups excluding carboxylic acids is 1. The molecule has 172 valence electrons. The Morgan fingerprint density at radius 3 is 2.62 bits per heavy atom. The van der Waals surface area contributed by atoms with Crippen molar-refractivity contribution in [3.63, 3.8) is 0 Å². The van der Waals surface area contributed by atoms with Crippen LogP contribution in [0, 0.1) is 18.8 Å². The van der Waals surface area contributed by atoms with Gasteiger partial charge in [0.15, 0.2) is 5.13 Å². The van der Waals surface area contributed by atoms with Gasteiger partial charge >= 0.3 is 0 Å². The molecule has 2 aliphatic rings. The Morgan fingerprint density at radius 2 is 1.85 bits per heavy atom. The van der Waals surface area contributed by atoms with Gasteiger partial charge in [-0.1, -0.05) is 46.7 Å². The number of amides is 1. The predicted octanol–water partition coefficient (Wildman–Crippen LogP) is 5.92. The summed E-state index contributed by atoms with van der Waals surface area (Å²) < 4.78 is 1.12. The Kier molecular flexibility index (Phi) is 5.50. The highest BCUT2D eigenvalue weighted by atomic mass is 35.5. The van der Waals surface area contributed by atoms with Gasteiger partial charge in [0.05, 0.1) is 15.9 Å². The second-order valence-corrected chi connectivity index (χ2v) is 10.9. The molecule has 34 heavy (non-hydrogen) atoms. The Balaban J connectivity index is 1.23. The van der Waals surface area contributed by atoms with Gasteiger partial charge in [0.2, 0.25) is 0 Å². The van der Waals surface area contributed by atoms with Crippen molar-refractivity contribution >= 4 is 44.2 Å². The fourth-order valence-corrected chi connectivity index (χ4v) is 6.63. The highest BCUT2D eigenvalue weighted by molar-refractivity contribution is 7.22. The minimum absolute atomic E-state index is 0.113. The molecule has 5 nitrogen and oxygen atoms in total. The number of nitrogens with zero attached hydrogens (tertiary/aromatic N) is 4. The van der Waals surface area contributed by atoms with E-state index >= 15 is 0 Å². The number of hydrogen-bond donors (Lipinski definition) is 0. The normalized spacial score (nSPS) is 20.1. The number of piperidine rings is 2. The highest BCUT2D eigenvalue weighted by Gasteiger charge is 2.37. The highest BCUT2D eigenvalue weighted by Crippen LogP contribution is 2.37. The van der Waals surface area contributed by atoms with Crippen LogP contribution in [0.25, 0.3) is 21.5 Å². The number of benzene rings is 2. The maximum absolute atomic E-state index is 13.7. The first kappa shape index (κ1) is 21.6. The minimum Gasteiger partial charge on any atom is -0.347 e. The van der Waals surface area contributed by atoms with Crippen molar-refractivity contribution in [3.8, 4) is 11.3 Å². The van der Waals surface area contributed by atoms with Gasteiger partial charge in [-0.05, 0) is 61.6 Å². The van der Waals surface area contributed by atoms with E-state index in [1.807, 2.05) is 55.5 Å². The molecule has 2 aromatic heterocycles. The van der Waals surface area contributed by atoms with Crippen LogP contribution in [-0.4, -0.2) is 47.0 Å². The lowest BCUT2D eigenvalue weighted by Crippen LogP contribution is -2.54. The summed E-state index contributed by atoms with van der Waals surface area (Å²) in [4.78, 5) is 27.6. The molecule has 0 aliphatic carbocycles. The second-order valence-electron chi connectivity index (χ2n) is 9.46. The van der Waals surface area contributed by atoms with Crippen LogP contribution in [0.4, 0.5) is 5.13 Å². The van der Waals surface area contributed by atoms with Crippen molar-refractivity contribution in [2.75, 3.05) is 31.1 Å². The fourth-order valence-electron chi connectivity index (χ4n) is 5.38. The number of aryl methyl sites for hydroxylation is 1. The molecule has 2 fully saturated rings. The van der Waals surface area contributed by atoms with Crippen molar-refractivity contribution in [2.45, 2.75) is 13.3 Å². The number of rotatable bonds is 3. The molecule has 7 heteroatoms. The molecule has 0 spiro atoms. The van der Waals surface area contributed by atoms with Crippen molar-refractivity contribution in [1.29, 1.82) is 0 Å². The summed E-state index contributed by atoms with van der Waals surface area (Å²) in [6.07, 6.45) is 2.94. The van der Waals surface area contributed by atoms with Gasteiger partial charge in [0.1, 0.15) is 0 Å².